The van der Waals surface area contributed by atoms with Crippen molar-refractivity contribution < 1.29 is 13.7 Å². The summed E-state index contributed by atoms with van der Waals surface area (Å²) in [7, 11) is 0. The van der Waals surface area contributed by atoms with Gasteiger partial charge in [-0.05, 0) is 44.4 Å². The Morgan fingerprint density at radius 3 is 2.73 bits per heavy atom. The van der Waals surface area contributed by atoms with Gasteiger partial charge in [-0.15, -0.1) is 0 Å². The van der Waals surface area contributed by atoms with E-state index in [0.717, 1.165) is 29.9 Å². The van der Waals surface area contributed by atoms with Crippen LogP contribution in [0.5, 0.6) is 0 Å². The Morgan fingerprint density at radius 1 is 1.31 bits per heavy atom. The molecule has 0 saturated heterocycles. The molecule has 0 bridgehead atoms. The van der Waals surface area contributed by atoms with Crippen molar-refractivity contribution in [2.45, 2.75) is 39.2 Å². The molecule has 0 unspecified atom stereocenters. The van der Waals surface area contributed by atoms with Gasteiger partial charge >= 0.3 is 0 Å². The van der Waals surface area contributed by atoms with Crippen molar-refractivity contribution in [3.05, 3.63) is 64.6 Å². The number of nitrogens with zero attached hydrogens (tertiary/aromatic N) is 3. The van der Waals surface area contributed by atoms with E-state index in [4.69, 9.17) is 4.52 Å². The second kappa shape index (κ2) is 6.40. The number of rotatable bonds is 5. The molecule has 4 rings (SSSR count). The normalized spacial score (nSPS) is 13.8. The molecule has 7 heteroatoms. The van der Waals surface area contributed by atoms with Gasteiger partial charge < -0.3 is 9.84 Å². The zero-order chi connectivity index (χ0) is 18.3. The molecule has 26 heavy (non-hydrogen) atoms. The highest BCUT2D eigenvalue weighted by molar-refractivity contribution is 6.03. The molecule has 134 valence electrons. The zero-order valence-corrected chi connectivity index (χ0v) is 14.6. The van der Waals surface area contributed by atoms with Gasteiger partial charge in [0.1, 0.15) is 11.6 Å². The highest BCUT2D eigenvalue weighted by atomic mass is 19.1. The standard InChI is InChI=1S/C19H19FN4O2/c1-11-18(21-19(25)16-9-17(26-23-16)14-5-6-14)12(2)24(22-11)10-13-3-7-15(20)8-4-13/h3-4,7-9,14H,5-6,10H2,1-2H3,(H,21,25). The van der Waals surface area contributed by atoms with Gasteiger partial charge in [-0.25, -0.2) is 4.39 Å². The summed E-state index contributed by atoms with van der Waals surface area (Å²) in [4.78, 5) is 12.5. The van der Waals surface area contributed by atoms with Crippen molar-refractivity contribution in [3.8, 4) is 0 Å². The Kier molecular flexibility index (Phi) is 4.06. The molecule has 2 heterocycles. The number of hydrogen-bond acceptors (Lipinski definition) is 4. The van der Waals surface area contributed by atoms with Crippen molar-refractivity contribution in [2.24, 2.45) is 0 Å². The Bertz CT molecular complexity index is 955. The fourth-order valence-corrected chi connectivity index (χ4v) is 2.93. The van der Waals surface area contributed by atoms with Crippen LogP contribution < -0.4 is 5.32 Å². The van der Waals surface area contributed by atoms with Gasteiger partial charge in [0.25, 0.3) is 5.91 Å². The van der Waals surface area contributed by atoms with Gasteiger partial charge in [0, 0.05) is 12.0 Å². The van der Waals surface area contributed by atoms with Crippen LogP contribution in [0.4, 0.5) is 10.1 Å². The summed E-state index contributed by atoms with van der Waals surface area (Å²) in [6.07, 6.45) is 2.18. The lowest BCUT2D eigenvalue weighted by Crippen LogP contribution is -2.13. The highest BCUT2D eigenvalue weighted by Crippen LogP contribution is 2.40. The average molecular weight is 354 g/mol. The van der Waals surface area contributed by atoms with Crippen molar-refractivity contribution >= 4 is 11.6 Å². The van der Waals surface area contributed by atoms with Crippen molar-refractivity contribution in [2.75, 3.05) is 5.32 Å². The van der Waals surface area contributed by atoms with Gasteiger partial charge in [-0.3, -0.25) is 9.48 Å². The lowest BCUT2D eigenvalue weighted by molar-refractivity contribution is 0.101. The Labute approximate surface area is 150 Å². The second-order valence-electron chi connectivity index (χ2n) is 6.67. The van der Waals surface area contributed by atoms with Gasteiger partial charge in [0.05, 0.1) is 23.6 Å². The van der Waals surface area contributed by atoms with Crippen LogP contribution in [0, 0.1) is 19.7 Å². The number of hydrogen-bond donors (Lipinski definition) is 1. The first-order valence-corrected chi connectivity index (χ1v) is 8.57. The van der Waals surface area contributed by atoms with E-state index >= 15 is 0 Å². The minimum atomic E-state index is -0.312. The first-order chi connectivity index (χ1) is 12.5. The van der Waals surface area contributed by atoms with Crippen molar-refractivity contribution in [3.63, 3.8) is 0 Å². The molecule has 3 aromatic rings. The minimum Gasteiger partial charge on any atom is -0.360 e. The quantitative estimate of drug-likeness (QED) is 0.756. The monoisotopic (exact) mass is 354 g/mol. The lowest BCUT2D eigenvalue weighted by Gasteiger charge is -2.06. The molecule has 1 fully saturated rings. The van der Waals surface area contributed by atoms with E-state index in [2.05, 4.69) is 15.6 Å². The number of amides is 1. The van der Waals surface area contributed by atoms with Crippen LogP contribution >= 0.6 is 0 Å². The summed E-state index contributed by atoms with van der Waals surface area (Å²) in [5, 5.41) is 11.2. The summed E-state index contributed by atoms with van der Waals surface area (Å²) in [5.74, 6) is 0.600. The lowest BCUT2D eigenvalue weighted by atomic mass is 10.2. The maximum absolute atomic E-state index is 13.0. The van der Waals surface area contributed by atoms with E-state index in [-0.39, 0.29) is 17.4 Å². The topological polar surface area (TPSA) is 73.0 Å². The number of aromatic nitrogens is 3. The largest absolute Gasteiger partial charge is 0.360 e. The Hall–Kier alpha value is -2.96. The van der Waals surface area contributed by atoms with E-state index in [1.165, 1.54) is 12.1 Å². The molecule has 2 aromatic heterocycles. The molecular weight excluding hydrogens is 335 g/mol. The smallest absolute Gasteiger partial charge is 0.277 e. The van der Waals surface area contributed by atoms with Gasteiger partial charge in [0.15, 0.2) is 5.69 Å². The summed E-state index contributed by atoms with van der Waals surface area (Å²) in [5.41, 5.74) is 3.40. The molecule has 1 aliphatic rings. The highest BCUT2D eigenvalue weighted by Gasteiger charge is 2.29. The fourth-order valence-electron chi connectivity index (χ4n) is 2.93. The summed E-state index contributed by atoms with van der Waals surface area (Å²) < 4.78 is 20.1. The third-order valence-corrected chi connectivity index (χ3v) is 4.61. The maximum Gasteiger partial charge on any atom is 0.277 e. The molecule has 0 aliphatic heterocycles. The third kappa shape index (κ3) is 3.24. The zero-order valence-electron chi connectivity index (χ0n) is 14.6. The second-order valence-corrected chi connectivity index (χ2v) is 6.67. The number of carbonyl (C=O) groups is 1. The van der Waals surface area contributed by atoms with E-state index in [1.807, 2.05) is 13.8 Å². The summed E-state index contributed by atoms with van der Waals surface area (Å²) >= 11 is 0. The number of halogens is 1. The number of aryl methyl sites for hydroxylation is 1. The predicted molar refractivity (Wildman–Crippen MR) is 93.6 cm³/mol. The molecule has 0 atom stereocenters. The molecule has 0 spiro atoms. The van der Waals surface area contributed by atoms with Crippen LogP contribution in [0.1, 0.15) is 52.0 Å². The Balaban J connectivity index is 1.51. The molecule has 1 saturated carbocycles. The molecule has 1 aliphatic carbocycles. The number of carbonyl (C=O) groups excluding carboxylic acids is 1. The molecule has 6 nitrogen and oxygen atoms in total. The predicted octanol–water partition coefficient (Wildman–Crippen LogP) is 3.81. The van der Waals surface area contributed by atoms with Gasteiger partial charge in [0.2, 0.25) is 0 Å². The molecule has 1 amide bonds. The third-order valence-electron chi connectivity index (χ3n) is 4.61. The fraction of sp³-hybridized carbons (Fsp3) is 0.316. The van der Waals surface area contributed by atoms with E-state index in [0.29, 0.717) is 23.8 Å². The summed E-state index contributed by atoms with van der Waals surface area (Å²) in [6, 6.07) is 8.00. The van der Waals surface area contributed by atoms with E-state index < -0.39 is 0 Å². The number of benzene rings is 1. The molecular formula is C19H19FN4O2. The molecule has 0 radical (unpaired) electrons. The van der Waals surface area contributed by atoms with Gasteiger partial charge in [-0.1, -0.05) is 17.3 Å². The van der Waals surface area contributed by atoms with E-state index in [9.17, 15) is 9.18 Å². The van der Waals surface area contributed by atoms with Crippen LogP contribution in [0.15, 0.2) is 34.9 Å². The number of nitrogens with one attached hydrogen (secondary N) is 1. The Morgan fingerprint density at radius 2 is 2.04 bits per heavy atom. The van der Waals surface area contributed by atoms with E-state index in [1.54, 1.807) is 22.9 Å². The van der Waals surface area contributed by atoms with Crippen molar-refractivity contribution in [1.29, 1.82) is 0 Å². The van der Waals surface area contributed by atoms with Crippen LogP contribution in [0.2, 0.25) is 0 Å². The SMILES string of the molecule is Cc1nn(Cc2ccc(F)cc2)c(C)c1NC(=O)c1cc(C2CC2)on1. The first kappa shape index (κ1) is 16.5. The summed E-state index contributed by atoms with van der Waals surface area (Å²) in [6.45, 7) is 4.22. The van der Waals surface area contributed by atoms with Crippen molar-refractivity contribution in [1.82, 2.24) is 14.9 Å². The molecule has 1 aromatic carbocycles. The molecule has 1 N–H and O–H groups in total. The van der Waals surface area contributed by atoms with Crippen LogP contribution in [-0.2, 0) is 6.54 Å². The van der Waals surface area contributed by atoms with Crippen LogP contribution in [0.25, 0.3) is 0 Å². The number of anilines is 1. The van der Waals surface area contributed by atoms with Crippen LogP contribution in [-0.4, -0.2) is 20.8 Å². The average Bonchev–Trinajstić information content (AvgIpc) is 3.30. The minimum absolute atomic E-state index is 0.270. The maximum atomic E-state index is 13.0. The van der Waals surface area contributed by atoms with Gasteiger partial charge in [-0.2, -0.15) is 5.10 Å². The van der Waals surface area contributed by atoms with Crippen LogP contribution in [0.3, 0.4) is 0 Å². The first-order valence-electron chi connectivity index (χ1n) is 8.57.